The fourth-order valence-corrected chi connectivity index (χ4v) is 10.9. The van der Waals surface area contributed by atoms with Crippen LogP contribution in [0.15, 0.2) is 11.6 Å². The van der Waals surface area contributed by atoms with Gasteiger partial charge in [0.1, 0.15) is 12.2 Å². The highest BCUT2D eigenvalue weighted by Gasteiger charge is 2.67. The Kier molecular flexibility index (Phi) is 5.74. The molecule has 0 radical (unpaired) electrons. The molecule has 1 N–H and O–H groups in total. The van der Waals surface area contributed by atoms with Crippen molar-refractivity contribution in [1.29, 1.82) is 0 Å². The van der Waals surface area contributed by atoms with Crippen LogP contribution in [0.1, 0.15) is 107 Å². The van der Waals surface area contributed by atoms with Crippen molar-refractivity contribution in [1.82, 2.24) is 0 Å². The molecule has 6 aliphatic rings. The molecule has 11 atom stereocenters. The SMILES string of the molecule is CC(=O)O[C@@H]1CC[C@]2(C)[C@H]3CC[C@@]4(C)[C@H]([C@@H]5C[C@H]([C@@H]6OC6(C)C)O[C@@H]5O)CC[C@]4(C)C3=CC[C@H]2C1(C)C. The van der Waals surface area contributed by atoms with Crippen LogP contribution >= 0.6 is 0 Å². The summed E-state index contributed by atoms with van der Waals surface area (Å²) < 4.78 is 17.9. The van der Waals surface area contributed by atoms with Gasteiger partial charge in [-0.1, -0.05) is 46.3 Å². The lowest BCUT2D eigenvalue weighted by Gasteiger charge is -2.64. The molecule has 5 heteroatoms. The number of rotatable bonds is 3. The van der Waals surface area contributed by atoms with E-state index in [4.69, 9.17) is 14.2 Å². The van der Waals surface area contributed by atoms with Gasteiger partial charge < -0.3 is 19.3 Å². The molecule has 5 nitrogen and oxygen atoms in total. The van der Waals surface area contributed by atoms with E-state index in [2.05, 4.69) is 54.5 Å². The Morgan fingerprint density at radius 1 is 1.03 bits per heavy atom. The summed E-state index contributed by atoms with van der Waals surface area (Å²) in [5.74, 6) is 1.63. The number of hydrogen-bond acceptors (Lipinski definition) is 5. The van der Waals surface area contributed by atoms with E-state index >= 15 is 0 Å². The second-order valence-electron chi connectivity index (χ2n) is 15.5. The summed E-state index contributed by atoms with van der Waals surface area (Å²) in [6.07, 6.45) is 11.0. The van der Waals surface area contributed by atoms with Crippen LogP contribution in [0.2, 0.25) is 0 Å². The number of carbonyl (C=O) groups is 1. The number of ether oxygens (including phenoxy) is 3. The standard InChI is InChI=1S/C32H50O5/c1-18(33)35-25-13-14-30(6)21-12-16-31(7)20(19-17-23(36-27(19)34)26-29(4,5)37-26)11-15-32(31,8)22(21)9-10-24(30)28(25,2)3/h9,19-21,23-27,34H,10-17H2,1-8H3/t19-,20-,21-,23+,24-,25+,26-,27-,30+,31-,32+/m0/s1. The highest BCUT2D eigenvalue weighted by molar-refractivity contribution is 5.66. The van der Waals surface area contributed by atoms with E-state index in [9.17, 15) is 9.90 Å². The topological polar surface area (TPSA) is 68.3 Å². The summed E-state index contributed by atoms with van der Waals surface area (Å²) in [6, 6.07) is 0. The Bertz CT molecular complexity index is 999. The van der Waals surface area contributed by atoms with Crippen LogP contribution in [0.4, 0.5) is 0 Å². The van der Waals surface area contributed by atoms with Gasteiger partial charge in [-0.25, -0.2) is 0 Å². The molecular weight excluding hydrogens is 464 g/mol. The van der Waals surface area contributed by atoms with E-state index in [1.807, 2.05) is 0 Å². The first kappa shape index (κ1) is 26.3. The molecule has 0 unspecified atom stereocenters. The molecule has 2 saturated heterocycles. The predicted octanol–water partition coefficient (Wildman–Crippen LogP) is 6.42. The van der Waals surface area contributed by atoms with E-state index < -0.39 is 6.29 Å². The number of epoxide rings is 1. The van der Waals surface area contributed by atoms with Gasteiger partial charge >= 0.3 is 5.97 Å². The Morgan fingerprint density at radius 3 is 2.38 bits per heavy atom. The van der Waals surface area contributed by atoms with Crippen molar-refractivity contribution in [3.05, 3.63) is 11.6 Å². The number of aliphatic hydroxyl groups excluding tert-OH is 1. The number of allylic oxidation sites excluding steroid dienone is 2. The molecule has 0 spiro atoms. The van der Waals surface area contributed by atoms with Crippen LogP contribution in [0, 0.1) is 45.3 Å². The lowest BCUT2D eigenvalue weighted by atomic mass is 9.41. The van der Waals surface area contributed by atoms with Gasteiger partial charge in [-0.2, -0.15) is 0 Å². The molecule has 208 valence electrons. The third-order valence-electron chi connectivity index (χ3n) is 13.2. The second kappa shape index (κ2) is 8.07. The summed E-state index contributed by atoms with van der Waals surface area (Å²) in [6.45, 7) is 18.1. The molecule has 5 fully saturated rings. The van der Waals surface area contributed by atoms with Gasteiger partial charge in [0.25, 0.3) is 0 Å². The Morgan fingerprint density at radius 2 is 1.73 bits per heavy atom. The normalized spacial score (nSPS) is 53.5. The summed E-state index contributed by atoms with van der Waals surface area (Å²) in [7, 11) is 0. The van der Waals surface area contributed by atoms with Crippen LogP contribution < -0.4 is 0 Å². The molecule has 0 aromatic rings. The highest BCUT2D eigenvalue weighted by Crippen LogP contribution is 2.74. The molecular formula is C32H50O5. The minimum absolute atomic E-state index is 0.00977. The Balaban J connectivity index is 1.27. The highest BCUT2D eigenvalue weighted by atomic mass is 16.7. The van der Waals surface area contributed by atoms with Crippen molar-refractivity contribution in [2.45, 2.75) is 137 Å². The fraction of sp³-hybridized carbons (Fsp3) is 0.906. The zero-order chi connectivity index (χ0) is 26.8. The van der Waals surface area contributed by atoms with Crippen LogP contribution in [0.25, 0.3) is 0 Å². The fourth-order valence-electron chi connectivity index (χ4n) is 10.9. The van der Waals surface area contributed by atoms with Crippen LogP contribution in [-0.2, 0) is 19.0 Å². The van der Waals surface area contributed by atoms with E-state index in [1.165, 1.54) is 25.7 Å². The maximum absolute atomic E-state index is 11.9. The number of fused-ring (bicyclic) bond motifs is 5. The van der Waals surface area contributed by atoms with Gasteiger partial charge in [-0.05, 0) is 99.2 Å². The van der Waals surface area contributed by atoms with Crippen molar-refractivity contribution < 1.29 is 24.1 Å². The summed E-state index contributed by atoms with van der Waals surface area (Å²) >= 11 is 0. The summed E-state index contributed by atoms with van der Waals surface area (Å²) in [5, 5.41) is 11.1. The molecule has 3 saturated carbocycles. The first-order valence-electron chi connectivity index (χ1n) is 15.0. The number of esters is 1. The van der Waals surface area contributed by atoms with Crippen molar-refractivity contribution in [3.63, 3.8) is 0 Å². The van der Waals surface area contributed by atoms with Crippen molar-refractivity contribution in [3.8, 4) is 0 Å². The molecule has 4 aliphatic carbocycles. The first-order valence-corrected chi connectivity index (χ1v) is 15.0. The van der Waals surface area contributed by atoms with Gasteiger partial charge in [0.15, 0.2) is 6.29 Å². The maximum Gasteiger partial charge on any atom is 0.302 e. The lowest BCUT2D eigenvalue weighted by Crippen LogP contribution is -2.58. The molecule has 0 aromatic carbocycles. The Hall–Kier alpha value is -0.910. The largest absolute Gasteiger partial charge is 0.462 e. The van der Waals surface area contributed by atoms with E-state index in [0.29, 0.717) is 17.8 Å². The quantitative estimate of drug-likeness (QED) is 0.267. The molecule has 37 heavy (non-hydrogen) atoms. The van der Waals surface area contributed by atoms with Crippen molar-refractivity contribution in [2.75, 3.05) is 0 Å². The zero-order valence-electron chi connectivity index (χ0n) is 24.4. The lowest BCUT2D eigenvalue weighted by molar-refractivity contribution is -0.175. The maximum atomic E-state index is 11.9. The van der Waals surface area contributed by atoms with E-state index in [1.54, 1.807) is 12.5 Å². The molecule has 0 amide bonds. The van der Waals surface area contributed by atoms with Crippen LogP contribution in [0.5, 0.6) is 0 Å². The average Bonchev–Trinajstić information content (AvgIpc) is 3.12. The first-order chi connectivity index (χ1) is 17.1. The van der Waals surface area contributed by atoms with E-state index in [0.717, 1.165) is 25.7 Å². The monoisotopic (exact) mass is 514 g/mol. The molecule has 6 rings (SSSR count). The van der Waals surface area contributed by atoms with Gasteiger partial charge in [0, 0.05) is 18.3 Å². The average molecular weight is 515 g/mol. The predicted molar refractivity (Wildman–Crippen MR) is 142 cm³/mol. The van der Waals surface area contributed by atoms with Gasteiger partial charge in [0.05, 0.1) is 11.7 Å². The van der Waals surface area contributed by atoms with Crippen molar-refractivity contribution >= 4 is 5.97 Å². The third-order valence-corrected chi connectivity index (χ3v) is 13.2. The van der Waals surface area contributed by atoms with Gasteiger partial charge in [0.2, 0.25) is 0 Å². The van der Waals surface area contributed by atoms with Crippen LogP contribution in [0.3, 0.4) is 0 Å². The third kappa shape index (κ3) is 3.55. The molecule has 2 heterocycles. The van der Waals surface area contributed by atoms with E-state index in [-0.39, 0.29) is 57.5 Å². The number of aliphatic hydroxyl groups is 1. The molecule has 2 aliphatic heterocycles. The van der Waals surface area contributed by atoms with Gasteiger partial charge in [-0.15, -0.1) is 0 Å². The zero-order valence-corrected chi connectivity index (χ0v) is 24.4. The Labute approximate surface area is 224 Å². The van der Waals surface area contributed by atoms with Crippen molar-refractivity contribution in [2.24, 2.45) is 45.3 Å². The smallest absolute Gasteiger partial charge is 0.302 e. The summed E-state index contributed by atoms with van der Waals surface area (Å²) in [4.78, 5) is 11.9. The number of hydrogen-bond donors (Lipinski definition) is 1. The minimum Gasteiger partial charge on any atom is -0.462 e. The van der Waals surface area contributed by atoms with Crippen LogP contribution in [-0.4, -0.2) is 41.3 Å². The minimum atomic E-state index is -0.675. The molecule has 0 bridgehead atoms. The number of carbonyl (C=O) groups excluding carboxylic acids is 1. The molecule has 0 aromatic heterocycles. The van der Waals surface area contributed by atoms with Gasteiger partial charge in [-0.3, -0.25) is 4.79 Å². The second-order valence-corrected chi connectivity index (χ2v) is 15.5. The summed E-state index contributed by atoms with van der Waals surface area (Å²) in [5.41, 5.74) is 2.14.